The number of aryl methyl sites for hydroxylation is 1. The van der Waals surface area contributed by atoms with Gasteiger partial charge in [-0.3, -0.25) is 0 Å². The third-order valence-corrected chi connectivity index (χ3v) is 5.84. The van der Waals surface area contributed by atoms with Crippen LogP contribution in [0.5, 0.6) is 5.75 Å². The zero-order chi connectivity index (χ0) is 20.4. The molecule has 10 heteroatoms. The summed E-state index contributed by atoms with van der Waals surface area (Å²) in [6.07, 6.45) is 0.852. The first-order valence-corrected chi connectivity index (χ1v) is 10.1. The van der Waals surface area contributed by atoms with Gasteiger partial charge in [0, 0.05) is 32.0 Å². The molecule has 29 heavy (non-hydrogen) atoms. The minimum Gasteiger partial charge on any atom is -0.471 e. The molecule has 148 valence electrons. The Labute approximate surface area is 175 Å². The molecule has 0 atom stereocenters. The highest BCUT2D eigenvalue weighted by Crippen LogP contribution is 2.34. The quantitative estimate of drug-likeness (QED) is 0.617. The van der Waals surface area contributed by atoms with Crippen LogP contribution < -0.4 is 9.64 Å². The summed E-state index contributed by atoms with van der Waals surface area (Å²) >= 11 is 7.37. The molecule has 0 amide bonds. The number of piperidine rings is 1. The molecule has 0 saturated carbocycles. The highest BCUT2D eigenvalue weighted by molar-refractivity contribution is 7.09. The van der Waals surface area contributed by atoms with Crippen molar-refractivity contribution in [1.82, 2.24) is 19.6 Å². The normalized spacial score (nSPS) is 15.7. The minimum atomic E-state index is -1.06. The maximum atomic E-state index is 13.5. The Kier molecular flexibility index (Phi) is 5.30. The fourth-order valence-corrected chi connectivity index (χ4v) is 3.90. The van der Waals surface area contributed by atoms with E-state index in [4.69, 9.17) is 16.3 Å². The number of benzene rings is 1. The van der Waals surface area contributed by atoms with Gasteiger partial charge in [-0.1, -0.05) is 11.6 Å². The number of hydrogen-bond donors (Lipinski definition) is 0. The molecule has 1 aliphatic rings. The van der Waals surface area contributed by atoms with Gasteiger partial charge in [0.25, 0.3) is 0 Å². The molecule has 0 radical (unpaired) electrons. The molecule has 0 bridgehead atoms. The van der Waals surface area contributed by atoms with E-state index in [0.717, 1.165) is 5.01 Å². The van der Waals surface area contributed by atoms with Gasteiger partial charge in [-0.05, 0) is 42.7 Å². The largest absolute Gasteiger partial charge is 0.471 e. The van der Waals surface area contributed by atoms with Gasteiger partial charge in [-0.25, -0.2) is 9.37 Å². The first-order valence-electron chi connectivity index (χ1n) is 8.93. The topological polar surface area (TPSA) is 87.8 Å². The van der Waals surface area contributed by atoms with Crippen molar-refractivity contribution in [2.24, 2.45) is 0 Å². The molecule has 1 saturated heterocycles. The van der Waals surface area contributed by atoms with Crippen molar-refractivity contribution in [2.75, 3.05) is 18.0 Å². The fourth-order valence-electron chi connectivity index (χ4n) is 3.11. The standard InChI is InChI=1S/C19H16ClFN6OS/c1-12-23-18(29-26-12)15-4-5-17(25-24-15)27-8-6-19(11-22,7-9-27)28-16-10-13(21)2-3-14(16)20/h2-5,10H,6-9H2,1H3. The van der Waals surface area contributed by atoms with E-state index in [1.54, 1.807) is 0 Å². The minimum absolute atomic E-state index is 0.179. The van der Waals surface area contributed by atoms with Crippen molar-refractivity contribution in [3.05, 3.63) is 47.0 Å². The van der Waals surface area contributed by atoms with Gasteiger partial charge in [0.15, 0.2) is 16.4 Å². The van der Waals surface area contributed by atoms with Gasteiger partial charge in [0.1, 0.15) is 29.2 Å². The van der Waals surface area contributed by atoms with E-state index in [0.29, 0.717) is 43.3 Å². The second-order valence-corrected chi connectivity index (χ2v) is 7.85. The average molecular weight is 431 g/mol. The summed E-state index contributed by atoms with van der Waals surface area (Å²) in [7, 11) is 0. The second-order valence-electron chi connectivity index (χ2n) is 6.69. The Morgan fingerprint density at radius 3 is 2.66 bits per heavy atom. The van der Waals surface area contributed by atoms with Gasteiger partial charge >= 0.3 is 0 Å². The Morgan fingerprint density at radius 2 is 2.03 bits per heavy atom. The smallest absolute Gasteiger partial charge is 0.197 e. The summed E-state index contributed by atoms with van der Waals surface area (Å²) in [5.41, 5.74) is -0.391. The highest BCUT2D eigenvalue weighted by Gasteiger charge is 2.38. The van der Waals surface area contributed by atoms with Crippen LogP contribution in [0.3, 0.4) is 0 Å². The maximum absolute atomic E-state index is 13.5. The van der Waals surface area contributed by atoms with Gasteiger partial charge in [0.2, 0.25) is 0 Å². The van der Waals surface area contributed by atoms with Crippen molar-refractivity contribution >= 4 is 29.0 Å². The lowest BCUT2D eigenvalue weighted by molar-refractivity contribution is 0.0988. The Hall–Kier alpha value is -2.83. The molecular weight excluding hydrogens is 415 g/mol. The fraction of sp³-hybridized carbons (Fsp3) is 0.316. The van der Waals surface area contributed by atoms with Gasteiger partial charge < -0.3 is 9.64 Å². The summed E-state index contributed by atoms with van der Waals surface area (Å²) in [5.74, 6) is 1.14. The van der Waals surface area contributed by atoms with Crippen LogP contribution in [-0.4, -0.2) is 38.2 Å². The van der Waals surface area contributed by atoms with E-state index in [-0.39, 0.29) is 10.8 Å². The molecule has 2 aromatic heterocycles. The Bertz CT molecular complexity index is 1060. The van der Waals surface area contributed by atoms with Crippen LogP contribution >= 0.6 is 23.1 Å². The zero-order valence-electron chi connectivity index (χ0n) is 15.5. The Morgan fingerprint density at radius 1 is 1.24 bits per heavy atom. The molecule has 0 aliphatic carbocycles. The lowest BCUT2D eigenvalue weighted by atomic mass is 9.92. The van der Waals surface area contributed by atoms with E-state index in [9.17, 15) is 9.65 Å². The Balaban J connectivity index is 1.45. The molecule has 7 nitrogen and oxygen atoms in total. The average Bonchev–Trinajstić information content (AvgIpc) is 3.18. The van der Waals surface area contributed by atoms with Crippen LogP contribution in [0.15, 0.2) is 30.3 Å². The van der Waals surface area contributed by atoms with Crippen LogP contribution in [-0.2, 0) is 0 Å². The molecule has 1 fully saturated rings. The first kappa shape index (κ1) is 19.5. The van der Waals surface area contributed by atoms with Crippen molar-refractivity contribution in [3.63, 3.8) is 0 Å². The monoisotopic (exact) mass is 430 g/mol. The number of nitrogens with zero attached hydrogens (tertiary/aromatic N) is 6. The molecule has 3 heterocycles. The van der Waals surface area contributed by atoms with Crippen LogP contribution in [0.1, 0.15) is 18.7 Å². The van der Waals surface area contributed by atoms with E-state index in [2.05, 4.69) is 25.6 Å². The van der Waals surface area contributed by atoms with Crippen molar-refractivity contribution < 1.29 is 9.13 Å². The molecule has 0 spiro atoms. The summed E-state index contributed by atoms with van der Waals surface area (Å²) in [5, 5.41) is 19.3. The van der Waals surface area contributed by atoms with E-state index in [1.807, 2.05) is 24.0 Å². The number of halogens is 2. The SMILES string of the molecule is Cc1nsc(-c2ccc(N3CCC(C#N)(Oc4cc(F)ccc4Cl)CC3)nn2)n1. The number of rotatable bonds is 4. The molecule has 1 aliphatic heterocycles. The first-order chi connectivity index (χ1) is 14.0. The maximum Gasteiger partial charge on any atom is 0.197 e. The lowest BCUT2D eigenvalue weighted by Crippen LogP contribution is -2.47. The molecule has 4 rings (SSSR count). The summed E-state index contributed by atoms with van der Waals surface area (Å²) in [4.78, 5) is 6.34. The van der Waals surface area contributed by atoms with Crippen LogP contribution in [0, 0.1) is 24.1 Å². The lowest BCUT2D eigenvalue weighted by Gasteiger charge is -2.37. The second kappa shape index (κ2) is 7.89. The van der Waals surface area contributed by atoms with Crippen LogP contribution in [0.4, 0.5) is 10.2 Å². The van der Waals surface area contributed by atoms with E-state index < -0.39 is 11.4 Å². The van der Waals surface area contributed by atoms with E-state index in [1.165, 1.54) is 29.7 Å². The third-order valence-electron chi connectivity index (χ3n) is 4.69. The number of anilines is 1. The van der Waals surface area contributed by atoms with Crippen molar-refractivity contribution in [3.8, 4) is 22.5 Å². The zero-order valence-corrected chi connectivity index (χ0v) is 17.0. The van der Waals surface area contributed by atoms with Gasteiger partial charge in [-0.2, -0.15) is 9.64 Å². The molecule has 1 aromatic carbocycles. The van der Waals surface area contributed by atoms with Gasteiger partial charge in [0.05, 0.1) is 5.02 Å². The van der Waals surface area contributed by atoms with Crippen molar-refractivity contribution in [2.45, 2.75) is 25.4 Å². The summed E-state index contributed by atoms with van der Waals surface area (Å²) < 4.78 is 23.5. The predicted octanol–water partition coefficient (Wildman–Crippen LogP) is 4.04. The number of hydrogen-bond acceptors (Lipinski definition) is 8. The highest BCUT2D eigenvalue weighted by atomic mass is 35.5. The molecular formula is C19H16ClFN6OS. The van der Waals surface area contributed by atoms with Gasteiger partial charge in [-0.15, -0.1) is 10.2 Å². The van der Waals surface area contributed by atoms with Crippen LogP contribution in [0.2, 0.25) is 5.02 Å². The molecule has 0 N–H and O–H groups in total. The summed E-state index contributed by atoms with van der Waals surface area (Å²) in [6.45, 7) is 2.93. The molecule has 3 aromatic rings. The third kappa shape index (κ3) is 4.13. The summed E-state index contributed by atoms with van der Waals surface area (Å²) in [6, 6.07) is 9.85. The van der Waals surface area contributed by atoms with Crippen molar-refractivity contribution in [1.29, 1.82) is 5.26 Å². The number of aromatic nitrogens is 4. The van der Waals surface area contributed by atoms with E-state index >= 15 is 0 Å². The number of nitriles is 1. The number of ether oxygens (including phenoxy) is 1. The molecule has 0 unspecified atom stereocenters. The predicted molar refractivity (Wildman–Crippen MR) is 108 cm³/mol. The van der Waals surface area contributed by atoms with Crippen LogP contribution in [0.25, 0.3) is 10.7 Å².